The number of nitrogens with one attached hydrogen (secondary N) is 1. The van der Waals surface area contributed by atoms with E-state index in [2.05, 4.69) is 9.71 Å². The van der Waals surface area contributed by atoms with E-state index in [-0.39, 0.29) is 11.4 Å². The van der Waals surface area contributed by atoms with Gasteiger partial charge < -0.3 is 9.30 Å². The number of aromatic nitrogens is 2. The molecule has 0 unspecified atom stereocenters. The lowest BCUT2D eigenvalue weighted by Crippen LogP contribution is -2.23. The summed E-state index contributed by atoms with van der Waals surface area (Å²) in [6.45, 7) is 2.18. The van der Waals surface area contributed by atoms with Crippen molar-refractivity contribution in [3.8, 4) is 11.4 Å². The van der Waals surface area contributed by atoms with Crippen LogP contribution in [-0.4, -0.2) is 25.1 Å². The van der Waals surface area contributed by atoms with Crippen LogP contribution < -0.4 is 9.46 Å². The Balaban J connectivity index is 1.72. The number of nitrogens with zero attached hydrogens (tertiary/aromatic N) is 2. The van der Waals surface area contributed by atoms with Gasteiger partial charge in [0.05, 0.1) is 18.3 Å². The Kier molecular flexibility index (Phi) is 5.39. The molecule has 136 valence electrons. The summed E-state index contributed by atoms with van der Waals surface area (Å²) in [7, 11) is -2.01. The summed E-state index contributed by atoms with van der Waals surface area (Å²) in [4.78, 5) is 4.25. The minimum absolute atomic E-state index is 0.222. The van der Waals surface area contributed by atoms with Crippen molar-refractivity contribution in [2.75, 3.05) is 7.11 Å². The van der Waals surface area contributed by atoms with Gasteiger partial charge in [0.1, 0.15) is 5.75 Å². The topological polar surface area (TPSA) is 73.2 Å². The third kappa shape index (κ3) is 3.95. The van der Waals surface area contributed by atoms with Crippen molar-refractivity contribution in [1.29, 1.82) is 0 Å². The Labute approximate surface area is 153 Å². The molecule has 0 fully saturated rings. The molecule has 6 nitrogen and oxygen atoms in total. The summed E-state index contributed by atoms with van der Waals surface area (Å²) < 4.78 is 34.9. The predicted octanol–water partition coefficient (Wildman–Crippen LogP) is 2.92. The molecule has 0 bridgehead atoms. The molecule has 7 heteroatoms. The van der Waals surface area contributed by atoms with E-state index in [9.17, 15) is 8.42 Å². The van der Waals surface area contributed by atoms with E-state index in [4.69, 9.17) is 4.74 Å². The first kappa shape index (κ1) is 18.2. The summed E-state index contributed by atoms with van der Waals surface area (Å²) in [5.74, 6) is 0.696. The molecule has 2 aromatic carbocycles. The van der Waals surface area contributed by atoms with E-state index in [1.165, 1.54) is 0 Å². The summed E-state index contributed by atoms with van der Waals surface area (Å²) in [5, 5.41) is 0. The van der Waals surface area contributed by atoms with Gasteiger partial charge in [0, 0.05) is 24.6 Å². The van der Waals surface area contributed by atoms with E-state index in [0.29, 0.717) is 12.2 Å². The molecule has 0 aliphatic rings. The van der Waals surface area contributed by atoms with E-state index in [0.717, 1.165) is 16.8 Å². The van der Waals surface area contributed by atoms with Crippen LogP contribution in [0.1, 0.15) is 18.1 Å². The Hall–Kier alpha value is -2.64. The first-order valence-corrected chi connectivity index (χ1v) is 9.75. The van der Waals surface area contributed by atoms with Crippen molar-refractivity contribution in [3.63, 3.8) is 0 Å². The zero-order chi connectivity index (χ0) is 18.6. The van der Waals surface area contributed by atoms with Crippen LogP contribution in [-0.2, 0) is 23.0 Å². The Bertz CT molecular complexity index is 966. The van der Waals surface area contributed by atoms with Crippen LogP contribution in [0.15, 0.2) is 66.1 Å². The van der Waals surface area contributed by atoms with Gasteiger partial charge in [0.2, 0.25) is 10.0 Å². The van der Waals surface area contributed by atoms with Crippen LogP contribution in [0.4, 0.5) is 0 Å². The zero-order valence-electron chi connectivity index (χ0n) is 14.7. The Morgan fingerprint density at radius 1 is 1.15 bits per heavy atom. The van der Waals surface area contributed by atoms with E-state index >= 15 is 0 Å². The molecule has 0 spiro atoms. The SMILES string of the molecule is CCc1cc(S(=O)(=O)NCc2ccc(-n3ccnc3)cc2)ccc1OC. The predicted molar refractivity (Wildman–Crippen MR) is 100.0 cm³/mol. The average Bonchev–Trinajstić information content (AvgIpc) is 3.21. The molecule has 1 N–H and O–H groups in total. The standard InChI is InChI=1S/C19H21N3O3S/c1-3-16-12-18(8-9-19(16)25-2)26(23,24)21-13-15-4-6-17(7-5-15)22-11-10-20-14-22/h4-12,14,21H,3,13H2,1-2H3. The highest BCUT2D eigenvalue weighted by Gasteiger charge is 2.16. The molecule has 3 aromatic rings. The molecule has 26 heavy (non-hydrogen) atoms. The van der Waals surface area contributed by atoms with Crippen molar-refractivity contribution in [2.24, 2.45) is 0 Å². The van der Waals surface area contributed by atoms with Crippen LogP contribution in [0.5, 0.6) is 5.75 Å². The lowest BCUT2D eigenvalue weighted by molar-refractivity contribution is 0.409. The Morgan fingerprint density at radius 3 is 2.54 bits per heavy atom. The minimum Gasteiger partial charge on any atom is -0.496 e. The highest BCUT2D eigenvalue weighted by molar-refractivity contribution is 7.89. The molecule has 1 aromatic heterocycles. The maximum absolute atomic E-state index is 12.6. The second-order valence-corrected chi connectivity index (χ2v) is 7.56. The number of imidazole rings is 1. The highest BCUT2D eigenvalue weighted by atomic mass is 32.2. The number of rotatable bonds is 7. The number of methoxy groups -OCH3 is 1. The largest absolute Gasteiger partial charge is 0.496 e. The van der Waals surface area contributed by atoms with Crippen LogP contribution >= 0.6 is 0 Å². The van der Waals surface area contributed by atoms with Gasteiger partial charge in [0.15, 0.2) is 0 Å². The van der Waals surface area contributed by atoms with Crippen LogP contribution in [0, 0.1) is 0 Å². The van der Waals surface area contributed by atoms with Crippen molar-refractivity contribution < 1.29 is 13.2 Å². The maximum atomic E-state index is 12.6. The normalized spacial score (nSPS) is 11.5. The molecule has 0 aliphatic heterocycles. The average molecular weight is 371 g/mol. The third-order valence-corrected chi connectivity index (χ3v) is 5.55. The fourth-order valence-corrected chi connectivity index (χ4v) is 3.73. The molecular formula is C19H21N3O3S. The second-order valence-electron chi connectivity index (χ2n) is 5.79. The summed E-state index contributed by atoms with van der Waals surface area (Å²) in [6.07, 6.45) is 5.98. The highest BCUT2D eigenvalue weighted by Crippen LogP contribution is 2.23. The van der Waals surface area contributed by atoms with E-state index in [1.807, 2.05) is 42.0 Å². The summed E-state index contributed by atoms with van der Waals surface area (Å²) in [5.41, 5.74) is 2.71. The number of aryl methyl sites for hydroxylation is 1. The molecule has 0 aliphatic carbocycles. The summed E-state index contributed by atoms with van der Waals surface area (Å²) in [6, 6.07) is 12.5. The van der Waals surface area contributed by atoms with Crippen molar-refractivity contribution in [1.82, 2.24) is 14.3 Å². The van der Waals surface area contributed by atoms with Crippen molar-refractivity contribution in [2.45, 2.75) is 24.8 Å². The third-order valence-electron chi connectivity index (χ3n) is 4.15. The fourth-order valence-electron chi connectivity index (χ4n) is 2.66. The van der Waals surface area contributed by atoms with Gasteiger partial charge in [-0.05, 0) is 47.9 Å². The van der Waals surface area contributed by atoms with Gasteiger partial charge in [-0.2, -0.15) is 0 Å². The minimum atomic E-state index is -3.59. The van der Waals surface area contributed by atoms with Gasteiger partial charge >= 0.3 is 0 Å². The molecule has 0 atom stereocenters. The molecule has 0 radical (unpaired) electrons. The van der Waals surface area contributed by atoms with Crippen LogP contribution in [0.3, 0.4) is 0 Å². The number of hydrogen-bond acceptors (Lipinski definition) is 4. The number of ether oxygens (including phenoxy) is 1. The molecule has 0 amide bonds. The van der Waals surface area contributed by atoms with Gasteiger partial charge in [-0.1, -0.05) is 19.1 Å². The molecule has 0 saturated heterocycles. The lowest BCUT2D eigenvalue weighted by atomic mass is 10.1. The van der Waals surface area contributed by atoms with E-state index in [1.54, 1.807) is 37.8 Å². The van der Waals surface area contributed by atoms with Gasteiger partial charge in [-0.15, -0.1) is 0 Å². The van der Waals surface area contributed by atoms with Crippen LogP contribution in [0.25, 0.3) is 5.69 Å². The van der Waals surface area contributed by atoms with Crippen LogP contribution in [0.2, 0.25) is 0 Å². The molecular weight excluding hydrogens is 350 g/mol. The Morgan fingerprint density at radius 2 is 1.92 bits per heavy atom. The maximum Gasteiger partial charge on any atom is 0.240 e. The smallest absolute Gasteiger partial charge is 0.240 e. The summed E-state index contributed by atoms with van der Waals surface area (Å²) >= 11 is 0. The number of hydrogen-bond donors (Lipinski definition) is 1. The van der Waals surface area contributed by atoms with Gasteiger partial charge in [0.25, 0.3) is 0 Å². The second kappa shape index (κ2) is 7.72. The molecule has 0 saturated carbocycles. The van der Waals surface area contributed by atoms with Crippen molar-refractivity contribution in [3.05, 3.63) is 72.3 Å². The number of sulfonamides is 1. The van der Waals surface area contributed by atoms with Gasteiger partial charge in [-0.25, -0.2) is 18.1 Å². The molecule has 3 rings (SSSR count). The zero-order valence-corrected chi connectivity index (χ0v) is 15.5. The van der Waals surface area contributed by atoms with E-state index < -0.39 is 10.0 Å². The first-order valence-electron chi connectivity index (χ1n) is 8.27. The molecule has 1 heterocycles. The number of benzene rings is 2. The van der Waals surface area contributed by atoms with Gasteiger partial charge in [-0.3, -0.25) is 0 Å². The van der Waals surface area contributed by atoms with Crippen molar-refractivity contribution >= 4 is 10.0 Å². The lowest BCUT2D eigenvalue weighted by Gasteiger charge is -2.11. The first-order chi connectivity index (χ1) is 12.5. The quantitative estimate of drug-likeness (QED) is 0.693. The fraction of sp³-hybridized carbons (Fsp3) is 0.211. The monoisotopic (exact) mass is 371 g/mol.